The van der Waals surface area contributed by atoms with Crippen molar-refractivity contribution in [3.8, 4) is 0 Å². The van der Waals surface area contributed by atoms with Gasteiger partial charge in [-0.05, 0) is 44.4 Å². The highest BCUT2D eigenvalue weighted by atomic mass is 15.0. The molecule has 1 heteroatoms. The zero-order valence-electron chi connectivity index (χ0n) is 11.2. The van der Waals surface area contributed by atoms with E-state index in [0.717, 1.165) is 23.9 Å². The Balaban J connectivity index is 1.81. The molecule has 1 nitrogen and oxygen atoms in total. The van der Waals surface area contributed by atoms with Gasteiger partial charge in [-0.3, -0.25) is 0 Å². The molecule has 0 radical (unpaired) electrons. The molecule has 1 N–H and O–H groups in total. The maximum absolute atomic E-state index is 3.95. The number of rotatable bonds is 3. The quantitative estimate of drug-likeness (QED) is 0.710. The molecule has 2 rings (SSSR count). The second-order valence-corrected chi connectivity index (χ2v) is 6.22. The summed E-state index contributed by atoms with van der Waals surface area (Å²) in [5.74, 6) is 1.86. The van der Waals surface area contributed by atoms with E-state index in [1.54, 1.807) is 0 Å². The van der Waals surface area contributed by atoms with Crippen molar-refractivity contribution in [2.75, 3.05) is 0 Å². The Kier molecular flexibility index (Phi) is 4.69. The van der Waals surface area contributed by atoms with Crippen molar-refractivity contribution in [1.29, 1.82) is 0 Å². The zero-order valence-corrected chi connectivity index (χ0v) is 11.2. The van der Waals surface area contributed by atoms with Gasteiger partial charge in [0, 0.05) is 12.1 Å². The van der Waals surface area contributed by atoms with E-state index in [2.05, 4.69) is 19.2 Å². The van der Waals surface area contributed by atoms with Gasteiger partial charge < -0.3 is 5.32 Å². The summed E-state index contributed by atoms with van der Waals surface area (Å²) in [6.07, 6.45) is 13.1. The fourth-order valence-electron chi connectivity index (χ4n) is 3.67. The highest BCUT2D eigenvalue weighted by molar-refractivity contribution is 4.84. The first-order valence-corrected chi connectivity index (χ1v) is 7.53. The Hall–Kier alpha value is -0.0400. The van der Waals surface area contributed by atoms with E-state index in [-0.39, 0.29) is 0 Å². The third kappa shape index (κ3) is 3.23. The van der Waals surface area contributed by atoms with Crippen LogP contribution in [0.2, 0.25) is 0 Å². The third-order valence-corrected chi connectivity index (χ3v) is 4.95. The van der Waals surface area contributed by atoms with Crippen LogP contribution in [-0.4, -0.2) is 12.1 Å². The fourth-order valence-corrected chi connectivity index (χ4v) is 3.67. The van der Waals surface area contributed by atoms with Gasteiger partial charge in [0.25, 0.3) is 0 Å². The van der Waals surface area contributed by atoms with Gasteiger partial charge in [0.05, 0.1) is 0 Å². The van der Waals surface area contributed by atoms with Crippen LogP contribution in [0.4, 0.5) is 0 Å². The van der Waals surface area contributed by atoms with Gasteiger partial charge in [-0.25, -0.2) is 0 Å². The highest BCUT2D eigenvalue weighted by Crippen LogP contribution is 2.29. The average Bonchev–Trinajstić information content (AvgIpc) is 2.73. The van der Waals surface area contributed by atoms with Gasteiger partial charge >= 0.3 is 0 Å². The van der Waals surface area contributed by atoms with Gasteiger partial charge in [0.2, 0.25) is 0 Å². The van der Waals surface area contributed by atoms with E-state index in [9.17, 15) is 0 Å². The lowest BCUT2D eigenvalue weighted by atomic mass is 9.93. The average molecular weight is 223 g/mol. The van der Waals surface area contributed by atoms with Crippen molar-refractivity contribution in [3.05, 3.63) is 0 Å². The predicted molar refractivity (Wildman–Crippen MR) is 70.6 cm³/mol. The molecule has 2 fully saturated rings. The first kappa shape index (κ1) is 12.4. The molecule has 94 valence electrons. The summed E-state index contributed by atoms with van der Waals surface area (Å²) in [7, 11) is 0. The largest absolute Gasteiger partial charge is 0.311 e. The number of hydrogen-bond acceptors (Lipinski definition) is 1. The summed E-state index contributed by atoms with van der Waals surface area (Å²) in [6.45, 7) is 4.87. The van der Waals surface area contributed by atoms with Gasteiger partial charge in [-0.1, -0.05) is 39.0 Å². The third-order valence-electron chi connectivity index (χ3n) is 4.95. The van der Waals surface area contributed by atoms with Crippen LogP contribution in [0.5, 0.6) is 0 Å². The van der Waals surface area contributed by atoms with Crippen LogP contribution in [-0.2, 0) is 0 Å². The van der Waals surface area contributed by atoms with E-state index in [0.29, 0.717) is 0 Å². The standard InChI is InChI=1S/C15H29N/c1-12-8-4-3-5-11-15(12)16-13(2)14-9-6-7-10-14/h12-16H,3-11H2,1-2H3. The second kappa shape index (κ2) is 6.05. The Bertz CT molecular complexity index is 196. The lowest BCUT2D eigenvalue weighted by molar-refractivity contribution is 0.280. The van der Waals surface area contributed by atoms with E-state index in [1.165, 1.54) is 57.8 Å². The Labute approximate surface area is 101 Å². The van der Waals surface area contributed by atoms with E-state index >= 15 is 0 Å². The predicted octanol–water partition coefficient (Wildman–Crippen LogP) is 4.12. The summed E-state index contributed by atoms with van der Waals surface area (Å²) >= 11 is 0. The molecule has 2 saturated carbocycles. The van der Waals surface area contributed by atoms with E-state index < -0.39 is 0 Å². The molecule has 3 atom stereocenters. The van der Waals surface area contributed by atoms with Crippen molar-refractivity contribution in [3.63, 3.8) is 0 Å². The number of hydrogen-bond donors (Lipinski definition) is 1. The molecular weight excluding hydrogens is 194 g/mol. The molecule has 2 aliphatic rings. The summed E-state index contributed by atoms with van der Waals surface area (Å²) in [4.78, 5) is 0. The van der Waals surface area contributed by atoms with Crippen LogP contribution in [0.3, 0.4) is 0 Å². The van der Waals surface area contributed by atoms with Crippen LogP contribution >= 0.6 is 0 Å². The summed E-state index contributed by atoms with van der Waals surface area (Å²) in [6, 6.07) is 1.56. The smallest absolute Gasteiger partial charge is 0.00952 e. The number of nitrogens with one attached hydrogen (secondary N) is 1. The molecule has 0 spiro atoms. The minimum Gasteiger partial charge on any atom is -0.311 e. The molecule has 0 amide bonds. The Morgan fingerprint density at radius 2 is 1.50 bits per heavy atom. The first-order valence-electron chi connectivity index (χ1n) is 7.53. The van der Waals surface area contributed by atoms with Crippen LogP contribution in [0.1, 0.15) is 71.6 Å². The molecule has 0 saturated heterocycles. The molecule has 0 aromatic rings. The van der Waals surface area contributed by atoms with Gasteiger partial charge in [-0.2, -0.15) is 0 Å². The minimum absolute atomic E-state index is 0.757. The minimum atomic E-state index is 0.757. The normalized spacial score (nSPS) is 34.9. The van der Waals surface area contributed by atoms with Gasteiger partial charge in [0.1, 0.15) is 0 Å². The van der Waals surface area contributed by atoms with Gasteiger partial charge in [-0.15, -0.1) is 0 Å². The Morgan fingerprint density at radius 3 is 2.25 bits per heavy atom. The Morgan fingerprint density at radius 1 is 0.875 bits per heavy atom. The van der Waals surface area contributed by atoms with Crippen molar-refractivity contribution < 1.29 is 0 Å². The van der Waals surface area contributed by atoms with E-state index in [4.69, 9.17) is 0 Å². The lowest BCUT2D eigenvalue weighted by Crippen LogP contribution is -2.43. The molecule has 0 aromatic heterocycles. The molecular formula is C15H29N. The highest BCUT2D eigenvalue weighted by Gasteiger charge is 2.26. The molecule has 2 aliphatic carbocycles. The van der Waals surface area contributed by atoms with Gasteiger partial charge in [0.15, 0.2) is 0 Å². The lowest BCUT2D eigenvalue weighted by Gasteiger charge is -2.30. The van der Waals surface area contributed by atoms with Crippen molar-refractivity contribution in [2.24, 2.45) is 11.8 Å². The topological polar surface area (TPSA) is 12.0 Å². The summed E-state index contributed by atoms with van der Waals surface area (Å²) < 4.78 is 0. The van der Waals surface area contributed by atoms with Crippen molar-refractivity contribution in [2.45, 2.75) is 83.7 Å². The fraction of sp³-hybridized carbons (Fsp3) is 1.00. The monoisotopic (exact) mass is 223 g/mol. The van der Waals surface area contributed by atoms with Crippen LogP contribution in [0.25, 0.3) is 0 Å². The molecule has 0 aromatic carbocycles. The molecule has 0 bridgehead atoms. The van der Waals surface area contributed by atoms with Crippen LogP contribution in [0, 0.1) is 11.8 Å². The van der Waals surface area contributed by atoms with Crippen LogP contribution < -0.4 is 5.32 Å². The maximum Gasteiger partial charge on any atom is 0.00952 e. The van der Waals surface area contributed by atoms with Crippen molar-refractivity contribution >= 4 is 0 Å². The maximum atomic E-state index is 3.95. The van der Waals surface area contributed by atoms with Crippen molar-refractivity contribution in [1.82, 2.24) is 5.32 Å². The first-order chi connectivity index (χ1) is 7.77. The molecule has 0 heterocycles. The molecule has 16 heavy (non-hydrogen) atoms. The summed E-state index contributed by atoms with van der Waals surface area (Å²) in [5, 5.41) is 3.95. The van der Waals surface area contributed by atoms with E-state index in [1.807, 2.05) is 0 Å². The second-order valence-electron chi connectivity index (χ2n) is 6.22. The van der Waals surface area contributed by atoms with Crippen LogP contribution in [0.15, 0.2) is 0 Å². The summed E-state index contributed by atoms with van der Waals surface area (Å²) in [5.41, 5.74) is 0. The molecule has 3 unspecified atom stereocenters. The zero-order chi connectivity index (χ0) is 11.4. The molecule has 0 aliphatic heterocycles. The SMILES string of the molecule is CC1CCCCCC1NC(C)C1CCCC1.